The van der Waals surface area contributed by atoms with Gasteiger partial charge in [-0.25, -0.2) is 9.97 Å². The maximum Gasteiger partial charge on any atom is 0.225 e. The van der Waals surface area contributed by atoms with Gasteiger partial charge in [-0.15, -0.1) is 11.3 Å². The predicted molar refractivity (Wildman–Crippen MR) is 129 cm³/mol. The number of carbonyl (C=O) groups is 1. The standard InChI is InChI=1S/C24H29N5O2S/c1-15-13-28(8-9-29(15)22(30)7-10-31-2)24-19(25)12-18(23(27-24)16-3-4-16)17-5-6-21-20(11-17)26-14-32-21/h5-6,11-12,14-16H,3-4,7-10,13,25H2,1-2H3/t15-/m1/s1. The molecule has 2 aliphatic rings. The molecule has 7 nitrogen and oxygen atoms in total. The molecular formula is C24H29N5O2S. The molecule has 32 heavy (non-hydrogen) atoms. The van der Waals surface area contributed by atoms with Gasteiger partial charge in [0, 0.05) is 44.3 Å². The van der Waals surface area contributed by atoms with E-state index in [2.05, 4.69) is 41.1 Å². The Bertz CT molecular complexity index is 1140. The van der Waals surface area contributed by atoms with Gasteiger partial charge in [0.05, 0.1) is 40.1 Å². The molecule has 1 atom stereocenters. The van der Waals surface area contributed by atoms with Crippen LogP contribution in [-0.2, 0) is 9.53 Å². The molecule has 1 saturated carbocycles. The van der Waals surface area contributed by atoms with Gasteiger partial charge in [-0.05, 0) is 43.5 Å². The van der Waals surface area contributed by atoms with Crippen LogP contribution in [0.4, 0.5) is 11.5 Å². The summed E-state index contributed by atoms with van der Waals surface area (Å²) >= 11 is 1.65. The van der Waals surface area contributed by atoms with Crippen molar-refractivity contribution in [2.24, 2.45) is 0 Å². The summed E-state index contributed by atoms with van der Waals surface area (Å²) in [4.78, 5) is 26.3. The first-order valence-electron chi connectivity index (χ1n) is 11.2. The maximum absolute atomic E-state index is 12.5. The number of fused-ring (bicyclic) bond motifs is 1. The summed E-state index contributed by atoms with van der Waals surface area (Å²) in [5.74, 6) is 1.48. The number of ether oxygens (including phenoxy) is 1. The van der Waals surface area contributed by atoms with E-state index in [0.717, 1.165) is 41.2 Å². The second kappa shape index (κ2) is 8.67. The lowest BCUT2D eigenvalue weighted by Crippen LogP contribution is -2.54. The summed E-state index contributed by atoms with van der Waals surface area (Å²) in [6.45, 7) is 4.68. The maximum atomic E-state index is 12.5. The summed E-state index contributed by atoms with van der Waals surface area (Å²) in [6, 6.07) is 8.61. The zero-order valence-electron chi connectivity index (χ0n) is 18.6. The normalized spacial score (nSPS) is 19.0. The zero-order chi connectivity index (χ0) is 22.2. The number of rotatable bonds is 6. The van der Waals surface area contributed by atoms with Crippen LogP contribution in [0.1, 0.15) is 37.8 Å². The van der Waals surface area contributed by atoms with E-state index in [4.69, 9.17) is 15.5 Å². The number of hydrogen-bond acceptors (Lipinski definition) is 7. The SMILES string of the molecule is COCCC(=O)N1CCN(c2nc(C3CC3)c(-c3ccc4scnc4c3)cc2N)C[C@H]1C. The number of pyridine rings is 1. The first kappa shape index (κ1) is 21.2. The van der Waals surface area contributed by atoms with Gasteiger partial charge in [0.2, 0.25) is 5.91 Å². The Labute approximate surface area is 192 Å². The molecule has 5 rings (SSSR count). The van der Waals surface area contributed by atoms with Crippen molar-refractivity contribution in [2.75, 3.05) is 44.0 Å². The first-order valence-corrected chi connectivity index (χ1v) is 12.1. The molecule has 1 amide bonds. The van der Waals surface area contributed by atoms with E-state index in [0.29, 0.717) is 31.2 Å². The fourth-order valence-corrected chi connectivity index (χ4v) is 5.22. The number of piperazine rings is 1. The molecule has 2 aromatic heterocycles. The van der Waals surface area contributed by atoms with Crippen molar-refractivity contribution in [3.05, 3.63) is 35.5 Å². The Morgan fingerprint density at radius 3 is 2.88 bits per heavy atom. The monoisotopic (exact) mass is 451 g/mol. The second-order valence-electron chi connectivity index (χ2n) is 8.77. The van der Waals surface area contributed by atoms with Gasteiger partial charge < -0.3 is 20.3 Å². The van der Waals surface area contributed by atoms with Gasteiger partial charge in [0.1, 0.15) is 0 Å². The summed E-state index contributed by atoms with van der Waals surface area (Å²) in [5, 5.41) is 0. The van der Waals surface area contributed by atoms with E-state index in [1.165, 1.54) is 17.5 Å². The van der Waals surface area contributed by atoms with Gasteiger partial charge in [-0.1, -0.05) is 6.07 Å². The van der Waals surface area contributed by atoms with Crippen LogP contribution >= 0.6 is 11.3 Å². The summed E-state index contributed by atoms with van der Waals surface area (Å²) in [5.41, 5.74) is 13.5. The molecule has 1 saturated heterocycles. The van der Waals surface area contributed by atoms with Crippen LogP contribution in [0.2, 0.25) is 0 Å². The number of methoxy groups -OCH3 is 1. The van der Waals surface area contributed by atoms with Gasteiger partial charge in [0.15, 0.2) is 5.82 Å². The summed E-state index contributed by atoms with van der Waals surface area (Å²) in [6.07, 6.45) is 2.76. The Balaban J connectivity index is 1.42. The fourth-order valence-electron chi connectivity index (χ4n) is 4.56. The van der Waals surface area contributed by atoms with Crippen LogP contribution in [0.25, 0.3) is 21.3 Å². The van der Waals surface area contributed by atoms with Crippen LogP contribution in [0.15, 0.2) is 29.8 Å². The van der Waals surface area contributed by atoms with Crippen molar-refractivity contribution in [2.45, 2.75) is 38.1 Å². The lowest BCUT2D eigenvalue weighted by Gasteiger charge is -2.41. The molecule has 1 aromatic carbocycles. The van der Waals surface area contributed by atoms with E-state index < -0.39 is 0 Å². The molecule has 8 heteroatoms. The second-order valence-corrected chi connectivity index (χ2v) is 9.65. The molecule has 0 spiro atoms. The number of nitrogen functional groups attached to an aromatic ring is 1. The third kappa shape index (κ3) is 4.04. The van der Waals surface area contributed by atoms with Gasteiger partial charge in [-0.3, -0.25) is 4.79 Å². The van der Waals surface area contributed by atoms with Crippen LogP contribution in [0.3, 0.4) is 0 Å². The minimum absolute atomic E-state index is 0.102. The zero-order valence-corrected chi connectivity index (χ0v) is 19.4. The van der Waals surface area contributed by atoms with Crippen LogP contribution in [0.5, 0.6) is 0 Å². The molecule has 2 fully saturated rings. The third-order valence-corrected chi connectivity index (χ3v) is 7.24. The number of aromatic nitrogens is 2. The summed E-state index contributed by atoms with van der Waals surface area (Å²) < 4.78 is 6.25. The fraction of sp³-hybridized carbons (Fsp3) is 0.458. The Kier molecular flexibility index (Phi) is 5.73. The quantitative estimate of drug-likeness (QED) is 0.612. The smallest absolute Gasteiger partial charge is 0.225 e. The molecule has 2 N–H and O–H groups in total. The topological polar surface area (TPSA) is 84.6 Å². The predicted octanol–water partition coefficient (Wildman–Crippen LogP) is 3.89. The molecular weight excluding hydrogens is 422 g/mol. The molecule has 168 valence electrons. The molecule has 0 unspecified atom stereocenters. The van der Waals surface area contributed by atoms with E-state index in [-0.39, 0.29) is 11.9 Å². The minimum Gasteiger partial charge on any atom is -0.396 e. The number of hydrogen-bond donors (Lipinski definition) is 1. The van der Waals surface area contributed by atoms with E-state index >= 15 is 0 Å². The highest BCUT2D eigenvalue weighted by Crippen LogP contribution is 2.45. The first-order chi connectivity index (χ1) is 15.5. The van der Waals surface area contributed by atoms with E-state index in [9.17, 15) is 4.79 Å². The summed E-state index contributed by atoms with van der Waals surface area (Å²) in [7, 11) is 1.62. The lowest BCUT2D eigenvalue weighted by molar-refractivity contribution is -0.134. The Morgan fingerprint density at radius 2 is 2.12 bits per heavy atom. The average Bonchev–Trinajstić information content (AvgIpc) is 3.53. The van der Waals surface area contributed by atoms with Gasteiger partial charge in [-0.2, -0.15) is 0 Å². The molecule has 0 bridgehead atoms. The van der Waals surface area contributed by atoms with Crippen molar-refractivity contribution >= 4 is 39.0 Å². The largest absolute Gasteiger partial charge is 0.396 e. The molecule has 3 heterocycles. The number of thiazole rings is 1. The average molecular weight is 452 g/mol. The third-order valence-electron chi connectivity index (χ3n) is 6.43. The van der Waals surface area contributed by atoms with Crippen LogP contribution in [0, 0.1) is 0 Å². The van der Waals surface area contributed by atoms with Gasteiger partial charge >= 0.3 is 0 Å². The highest BCUT2D eigenvalue weighted by atomic mass is 32.1. The number of benzene rings is 1. The van der Waals surface area contributed by atoms with Gasteiger partial charge in [0.25, 0.3) is 0 Å². The lowest BCUT2D eigenvalue weighted by atomic mass is 10.00. The number of nitrogens with zero attached hydrogens (tertiary/aromatic N) is 4. The Hall–Kier alpha value is -2.71. The molecule has 1 aliphatic heterocycles. The van der Waals surface area contributed by atoms with E-state index in [1.807, 2.05) is 10.4 Å². The highest BCUT2D eigenvalue weighted by Gasteiger charge is 2.32. The molecule has 0 radical (unpaired) electrons. The number of amides is 1. The highest BCUT2D eigenvalue weighted by molar-refractivity contribution is 7.16. The van der Waals surface area contributed by atoms with Crippen molar-refractivity contribution in [3.8, 4) is 11.1 Å². The van der Waals surface area contributed by atoms with Crippen molar-refractivity contribution in [1.82, 2.24) is 14.9 Å². The number of anilines is 2. The molecule has 3 aromatic rings. The Morgan fingerprint density at radius 1 is 1.28 bits per heavy atom. The van der Waals surface area contributed by atoms with E-state index in [1.54, 1.807) is 18.4 Å². The van der Waals surface area contributed by atoms with Crippen LogP contribution in [-0.4, -0.2) is 60.2 Å². The van der Waals surface area contributed by atoms with Crippen molar-refractivity contribution in [3.63, 3.8) is 0 Å². The minimum atomic E-state index is 0.102. The van der Waals surface area contributed by atoms with Crippen molar-refractivity contribution in [1.29, 1.82) is 0 Å². The van der Waals surface area contributed by atoms with Crippen LogP contribution < -0.4 is 10.6 Å². The van der Waals surface area contributed by atoms with Crippen molar-refractivity contribution < 1.29 is 9.53 Å². The number of nitrogens with two attached hydrogens (primary N) is 1. The number of carbonyl (C=O) groups excluding carboxylic acids is 1. The molecule has 1 aliphatic carbocycles.